The molecule has 0 aliphatic rings. The second-order valence-electron chi connectivity index (χ2n) is 6.47. The number of hydrogen-bond acceptors (Lipinski definition) is 3. The summed E-state index contributed by atoms with van der Waals surface area (Å²) in [6.45, 7) is 7.68. The molecule has 0 fully saturated rings. The number of carbonyl (C=O) groups is 1. The van der Waals surface area contributed by atoms with E-state index in [2.05, 4.69) is 24.4 Å². The van der Waals surface area contributed by atoms with Crippen molar-refractivity contribution >= 4 is 14.3 Å². The quantitative estimate of drug-likeness (QED) is 0.275. The van der Waals surface area contributed by atoms with Crippen LogP contribution in [0.4, 0.5) is 0 Å². The SMILES string of the molecule is COC(=O)CCCCCCCCCCCO[Si](C)(C)C. The Morgan fingerprint density at radius 2 is 1.25 bits per heavy atom. The third-order valence-electron chi connectivity index (χ3n) is 3.29. The van der Waals surface area contributed by atoms with E-state index in [9.17, 15) is 4.79 Å². The van der Waals surface area contributed by atoms with Crippen molar-refractivity contribution in [2.45, 2.75) is 83.8 Å². The molecule has 4 heteroatoms. The zero-order valence-electron chi connectivity index (χ0n) is 14.0. The van der Waals surface area contributed by atoms with Gasteiger partial charge in [0.05, 0.1) is 7.11 Å². The maximum atomic E-state index is 10.9. The molecule has 0 N–H and O–H groups in total. The van der Waals surface area contributed by atoms with Gasteiger partial charge in [-0.3, -0.25) is 4.79 Å². The van der Waals surface area contributed by atoms with E-state index < -0.39 is 8.32 Å². The molecule has 0 aromatic carbocycles. The van der Waals surface area contributed by atoms with Crippen molar-refractivity contribution in [3.63, 3.8) is 0 Å². The van der Waals surface area contributed by atoms with E-state index in [1.54, 1.807) is 0 Å². The summed E-state index contributed by atoms with van der Waals surface area (Å²) in [5.41, 5.74) is 0. The second kappa shape index (κ2) is 12.4. The van der Waals surface area contributed by atoms with Crippen molar-refractivity contribution in [3.05, 3.63) is 0 Å². The molecule has 0 aromatic rings. The number of unbranched alkanes of at least 4 members (excludes halogenated alkanes) is 8. The van der Waals surface area contributed by atoms with Crippen molar-refractivity contribution < 1.29 is 14.0 Å². The Labute approximate surface area is 126 Å². The fourth-order valence-corrected chi connectivity index (χ4v) is 2.85. The maximum absolute atomic E-state index is 10.9. The standard InChI is InChI=1S/C16H34O3Si/c1-18-16(17)14-12-10-8-6-5-7-9-11-13-15-19-20(2,3)4/h5-15H2,1-4H3. The lowest BCUT2D eigenvalue weighted by Gasteiger charge is -2.16. The van der Waals surface area contributed by atoms with E-state index in [-0.39, 0.29) is 5.97 Å². The number of rotatable bonds is 13. The van der Waals surface area contributed by atoms with Crippen LogP contribution in [0.3, 0.4) is 0 Å². The molecule has 0 aliphatic carbocycles. The van der Waals surface area contributed by atoms with Crippen LogP contribution in [0.25, 0.3) is 0 Å². The molecular formula is C16H34O3Si. The normalized spacial score (nSPS) is 11.6. The Morgan fingerprint density at radius 1 is 0.800 bits per heavy atom. The Balaban J connectivity index is 3.08. The topological polar surface area (TPSA) is 35.5 Å². The van der Waals surface area contributed by atoms with Crippen molar-refractivity contribution in [2.75, 3.05) is 13.7 Å². The Bertz CT molecular complexity index is 236. The zero-order chi connectivity index (χ0) is 15.3. The lowest BCUT2D eigenvalue weighted by Crippen LogP contribution is -2.25. The summed E-state index contributed by atoms with van der Waals surface area (Å²) in [6.07, 6.45) is 11.8. The average molecular weight is 303 g/mol. The average Bonchev–Trinajstić information content (AvgIpc) is 2.38. The first-order valence-electron chi connectivity index (χ1n) is 8.16. The second-order valence-corrected chi connectivity index (χ2v) is 11.0. The van der Waals surface area contributed by atoms with E-state index >= 15 is 0 Å². The minimum atomic E-state index is -1.30. The van der Waals surface area contributed by atoms with E-state index in [1.165, 1.54) is 52.1 Å². The molecule has 0 heterocycles. The van der Waals surface area contributed by atoms with Crippen LogP contribution in [0.1, 0.15) is 64.2 Å². The highest BCUT2D eigenvalue weighted by molar-refractivity contribution is 6.69. The maximum Gasteiger partial charge on any atom is 0.305 e. The third kappa shape index (κ3) is 15.7. The summed E-state index contributed by atoms with van der Waals surface area (Å²) in [6, 6.07) is 0. The van der Waals surface area contributed by atoms with Crippen LogP contribution in [-0.4, -0.2) is 28.0 Å². The summed E-state index contributed by atoms with van der Waals surface area (Å²) in [7, 11) is 0.160. The van der Waals surface area contributed by atoms with Gasteiger partial charge in [-0.05, 0) is 32.5 Å². The summed E-state index contributed by atoms with van der Waals surface area (Å²) >= 11 is 0. The van der Waals surface area contributed by atoms with Gasteiger partial charge in [-0.15, -0.1) is 0 Å². The molecule has 0 atom stereocenters. The summed E-state index contributed by atoms with van der Waals surface area (Å²) in [4.78, 5) is 10.9. The van der Waals surface area contributed by atoms with Crippen LogP contribution in [0, 0.1) is 0 Å². The minimum Gasteiger partial charge on any atom is -0.469 e. The van der Waals surface area contributed by atoms with Crippen LogP contribution < -0.4 is 0 Å². The Kier molecular flexibility index (Phi) is 12.2. The van der Waals surface area contributed by atoms with Crippen LogP contribution in [0.5, 0.6) is 0 Å². The van der Waals surface area contributed by atoms with Gasteiger partial charge in [0, 0.05) is 13.0 Å². The van der Waals surface area contributed by atoms with Crippen LogP contribution in [0.2, 0.25) is 19.6 Å². The van der Waals surface area contributed by atoms with Crippen molar-refractivity contribution in [1.29, 1.82) is 0 Å². The van der Waals surface area contributed by atoms with Gasteiger partial charge < -0.3 is 9.16 Å². The van der Waals surface area contributed by atoms with E-state index in [4.69, 9.17) is 4.43 Å². The smallest absolute Gasteiger partial charge is 0.305 e. The molecule has 0 aliphatic heterocycles. The number of ether oxygens (including phenoxy) is 1. The predicted molar refractivity (Wildman–Crippen MR) is 87.5 cm³/mol. The first-order valence-corrected chi connectivity index (χ1v) is 11.6. The highest BCUT2D eigenvalue weighted by Gasteiger charge is 2.12. The fraction of sp³-hybridized carbons (Fsp3) is 0.938. The number of methoxy groups -OCH3 is 1. The summed E-state index contributed by atoms with van der Waals surface area (Å²) in [5, 5.41) is 0. The van der Waals surface area contributed by atoms with Crippen molar-refractivity contribution in [3.8, 4) is 0 Å². The fourth-order valence-electron chi connectivity index (χ4n) is 2.09. The van der Waals surface area contributed by atoms with Gasteiger partial charge in [-0.1, -0.05) is 44.9 Å². The highest BCUT2D eigenvalue weighted by Crippen LogP contribution is 2.11. The van der Waals surface area contributed by atoms with Crippen LogP contribution in [0.15, 0.2) is 0 Å². The molecule has 0 rings (SSSR count). The molecule has 0 saturated carbocycles. The van der Waals surface area contributed by atoms with Gasteiger partial charge >= 0.3 is 5.97 Å². The Hall–Kier alpha value is -0.353. The molecule has 0 aromatic heterocycles. The summed E-state index contributed by atoms with van der Waals surface area (Å²) in [5.74, 6) is -0.0782. The molecule has 20 heavy (non-hydrogen) atoms. The minimum absolute atomic E-state index is 0.0782. The molecule has 0 saturated heterocycles. The van der Waals surface area contributed by atoms with E-state index in [0.717, 1.165) is 19.4 Å². The Morgan fingerprint density at radius 3 is 1.70 bits per heavy atom. The lowest BCUT2D eigenvalue weighted by atomic mass is 10.1. The predicted octanol–water partition coefficient (Wildman–Crippen LogP) is 4.91. The third-order valence-corrected chi connectivity index (χ3v) is 4.36. The molecule has 0 bridgehead atoms. The van der Waals surface area contributed by atoms with Gasteiger partial charge in [0.25, 0.3) is 0 Å². The largest absolute Gasteiger partial charge is 0.469 e. The zero-order valence-corrected chi connectivity index (χ0v) is 15.0. The van der Waals surface area contributed by atoms with E-state index in [1.807, 2.05) is 0 Å². The lowest BCUT2D eigenvalue weighted by molar-refractivity contribution is -0.140. The molecule has 120 valence electrons. The van der Waals surface area contributed by atoms with Crippen molar-refractivity contribution in [2.24, 2.45) is 0 Å². The van der Waals surface area contributed by atoms with Gasteiger partial charge in [0.2, 0.25) is 0 Å². The van der Waals surface area contributed by atoms with Gasteiger partial charge in [0.1, 0.15) is 0 Å². The highest BCUT2D eigenvalue weighted by atomic mass is 28.4. The molecule has 0 spiro atoms. The summed E-state index contributed by atoms with van der Waals surface area (Å²) < 4.78 is 10.4. The molecule has 0 unspecified atom stereocenters. The monoisotopic (exact) mass is 302 g/mol. The molecule has 0 radical (unpaired) electrons. The van der Waals surface area contributed by atoms with Gasteiger partial charge in [0.15, 0.2) is 8.32 Å². The van der Waals surface area contributed by atoms with E-state index in [0.29, 0.717) is 6.42 Å². The van der Waals surface area contributed by atoms with Crippen LogP contribution in [-0.2, 0) is 14.0 Å². The number of esters is 1. The van der Waals surface area contributed by atoms with Gasteiger partial charge in [-0.25, -0.2) is 0 Å². The molecular weight excluding hydrogens is 268 g/mol. The molecule has 0 amide bonds. The number of carbonyl (C=O) groups excluding carboxylic acids is 1. The van der Waals surface area contributed by atoms with Gasteiger partial charge in [-0.2, -0.15) is 0 Å². The molecule has 3 nitrogen and oxygen atoms in total. The van der Waals surface area contributed by atoms with Crippen molar-refractivity contribution in [1.82, 2.24) is 0 Å². The first kappa shape index (κ1) is 19.6. The van der Waals surface area contributed by atoms with Crippen LogP contribution >= 0.6 is 0 Å². The first-order chi connectivity index (χ1) is 9.45. The number of hydrogen-bond donors (Lipinski definition) is 0.